The van der Waals surface area contributed by atoms with Crippen molar-refractivity contribution in [1.82, 2.24) is 5.43 Å². The lowest BCUT2D eigenvalue weighted by molar-refractivity contribution is -0.136. The molecule has 0 radical (unpaired) electrons. The smallest absolute Gasteiger partial charge is 0.329 e. The van der Waals surface area contributed by atoms with Crippen molar-refractivity contribution in [3.05, 3.63) is 58.1 Å². The van der Waals surface area contributed by atoms with Crippen molar-refractivity contribution in [3.8, 4) is 5.75 Å². The number of nitrogens with zero attached hydrogens (tertiary/aromatic N) is 1. The van der Waals surface area contributed by atoms with Crippen molar-refractivity contribution >= 4 is 46.9 Å². The van der Waals surface area contributed by atoms with E-state index in [1.807, 2.05) is 12.1 Å². The van der Waals surface area contributed by atoms with Crippen molar-refractivity contribution in [2.45, 2.75) is 19.8 Å². The van der Waals surface area contributed by atoms with Crippen molar-refractivity contribution in [3.63, 3.8) is 0 Å². The molecule has 0 saturated carbocycles. The zero-order chi connectivity index (χ0) is 19.6. The number of hydrazone groups is 1. The highest BCUT2D eigenvalue weighted by Crippen LogP contribution is 2.29. The maximum atomic E-state index is 11.9. The highest BCUT2D eigenvalue weighted by atomic mass is 35.5. The Morgan fingerprint density at radius 2 is 1.85 bits per heavy atom. The zero-order valence-corrected chi connectivity index (χ0v) is 16.2. The molecule has 0 aliphatic rings. The second-order valence-electron chi connectivity index (χ2n) is 5.53. The molecule has 0 saturated heterocycles. The van der Waals surface area contributed by atoms with Crippen molar-refractivity contribution in [2.24, 2.45) is 5.10 Å². The summed E-state index contributed by atoms with van der Waals surface area (Å²) in [6.45, 7) is 2.77. The summed E-state index contributed by atoms with van der Waals surface area (Å²) in [5, 5.41) is 6.57. The molecular formula is C19H19Cl2N3O3. The standard InChI is InChI=1S/C19H19Cl2N3O3/c1-2-3-11-27-14-9-7-13(8-10-14)12-22-24-19(26)18(25)23-16-6-4-5-15(20)17(16)21/h4-10,12H,2-3,11H2,1H3,(H,23,25)(H,24,26). The second kappa shape index (κ2) is 10.5. The number of unbranched alkanes of at least 4 members (excludes halogenated alkanes) is 1. The molecule has 0 spiro atoms. The maximum Gasteiger partial charge on any atom is 0.329 e. The second-order valence-corrected chi connectivity index (χ2v) is 6.31. The number of halogens is 2. The minimum Gasteiger partial charge on any atom is -0.494 e. The number of carbonyl (C=O) groups is 2. The van der Waals surface area contributed by atoms with Gasteiger partial charge in [-0.1, -0.05) is 42.6 Å². The quantitative estimate of drug-likeness (QED) is 0.311. The van der Waals surface area contributed by atoms with Gasteiger partial charge in [0.25, 0.3) is 0 Å². The molecule has 2 rings (SSSR count). The van der Waals surface area contributed by atoms with Crippen LogP contribution >= 0.6 is 23.2 Å². The lowest BCUT2D eigenvalue weighted by Gasteiger charge is -2.07. The molecule has 0 atom stereocenters. The summed E-state index contributed by atoms with van der Waals surface area (Å²) in [4.78, 5) is 23.7. The van der Waals surface area contributed by atoms with Crippen LogP contribution in [0.15, 0.2) is 47.6 Å². The van der Waals surface area contributed by atoms with Crippen LogP contribution in [0.25, 0.3) is 0 Å². The summed E-state index contributed by atoms with van der Waals surface area (Å²) in [6.07, 6.45) is 3.49. The van der Waals surface area contributed by atoms with Gasteiger partial charge in [0.1, 0.15) is 5.75 Å². The molecule has 6 nitrogen and oxygen atoms in total. The fourth-order valence-corrected chi connectivity index (χ4v) is 2.33. The Labute approximate surface area is 167 Å². The summed E-state index contributed by atoms with van der Waals surface area (Å²) < 4.78 is 5.56. The van der Waals surface area contributed by atoms with Gasteiger partial charge in [0.05, 0.1) is 28.6 Å². The highest BCUT2D eigenvalue weighted by Gasteiger charge is 2.15. The Balaban J connectivity index is 1.85. The first-order valence-electron chi connectivity index (χ1n) is 8.32. The molecular weight excluding hydrogens is 389 g/mol. The monoisotopic (exact) mass is 407 g/mol. The average Bonchev–Trinajstić information content (AvgIpc) is 2.66. The average molecular weight is 408 g/mol. The molecule has 0 bridgehead atoms. The van der Waals surface area contributed by atoms with E-state index in [4.69, 9.17) is 27.9 Å². The van der Waals surface area contributed by atoms with Crippen LogP contribution in [0, 0.1) is 0 Å². The predicted molar refractivity (Wildman–Crippen MR) is 108 cm³/mol. The van der Waals surface area contributed by atoms with Gasteiger partial charge in [0.2, 0.25) is 0 Å². The first-order valence-corrected chi connectivity index (χ1v) is 9.08. The Morgan fingerprint density at radius 1 is 1.11 bits per heavy atom. The minimum atomic E-state index is -0.929. The molecule has 2 N–H and O–H groups in total. The van der Waals surface area contributed by atoms with E-state index in [1.54, 1.807) is 24.3 Å². The number of rotatable bonds is 7. The summed E-state index contributed by atoms with van der Waals surface area (Å²) in [5.74, 6) is -1.07. The summed E-state index contributed by atoms with van der Waals surface area (Å²) in [6, 6.07) is 11.9. The van der Waals surface area contributed by atoms with E-state index in [0.29, 0.717) is 6.61 Å². The topological polar surface area (TPSA) is 79.8 Å². The van der Waals surface area contributed by atoms with E-state index in [0.717, 1.165) is 24.2 Å². The molecule has 8 heteroatoms. The maximum absolute atomic E-state index is 11.9. The fourth-order valence-electron chi connectivity index (χ4n) is 1.98. The van der Waals surface area contributed by atoms with Crippen molar-refractivity contribution in [2.75, 3.05) is 11.9 Å². The lowest BCUT2D eigenvalue weighted by Crippen LogP contribution is -2.32. The molecule has 0 unspecified atom stereocenters. The number of ether oxygens (including phenoxy) is 1. The van der Waals surface area contributed by atoms with Gasteiger partial charge in [-0.25, -0.2) is 5.43 Å². The van der Waals surface area contributed by atoms with Crippen LogP contribution in [0.1, 0.15) is 25.3 Å². The van der Waals surface area contributed by atoms with Crippen LogP contribution in [-0.4, -0.2) is 24.6 Å². The Hall–Kier alpha value is -2.57. The Morgan fingerprint density at radius 3 is 2.56 bits per heavy atom. The van der Waals surface area contributed by atoms with Gasteiger partial charge >= 0.3 is 11.8 Å². The first-order chi connectivity index (χ1) is 13.0. The normalized spacial score (nSPS) is 10.6. The summed E-state index contributed by atoms with van der Waals surface area (Å²) in [5.41, 5.74) is 3.14. The van der Waals surface area contributed by atoms with Crippen LogP contribution in [0.2, 0.25) is 10.0 Å². The zero-order valence-electron chi connectivity index (χ0n) is 14.7. The molecule has 0 heterocycles. The molecule has 0 aromatic heterocycles. The third-order valence-electron chi connectivity index (χ3n) is 3.43. The first kappa shape index (κ1) is 20.7. The molecule has 27 heavy (non-hydrogen) atoms. The minimum absolute atomic E-state index is 0.157. The van der Waals surface area contributed by atoms with E-state index < -0.39 is 11.8 Å². The van der Waals surface area contributed by atoms with E-state index in [2.05, 4.69) is 22.8 Å². The highest BCUT2D eigenvalue weighted by molar-refractivity contribution is 6.45. The van der Waals surface area contributed by atoms with Crippen LogP contribution < -0.4 is 15.5 Å². The third-order valence-corrected chi connectivity index (χ3v) is 4.25. The van der Waals surface area contributed by atoms with Gasteiger partial charge in [-0.05, 0) is 48.4 Å². The van der Waals surface area contributed by atoms with Crippen LogP contribution in [0.4, 0.5) is 5.69 Å². The van der Waals surface area contributed by atoms with Crippen molar-refractivity contribution < 1.29 is 14.3 Å². The molecule has 0 fully saturated rings. The number of benzene rings is 2. The molecule has 2 aromatic carbocycles. The fraction of sp³-hybridized carbons (Fsp3) is 0.211. The van der Waals surface area contributed by atoms with E-state index in [9.17, 15) is 9.59 Å². The van der Waals surface area contributed by atoms with E-state index in [-0.39, 0.29) is 15.7 Å². The Kier molecular flexibility index (Phi) is 8.10. The third kappa shape index (κ3) is 6.58. The lowest BCUT2D eigenvalue weighted by atomic mass is 10.2. The van der Waals surface area contributed by atoms with E-state index >= 15 is 0 Å². The summed E-state index contributed by atoms with van der Waals surface area (Å²) in [7, 11) is 0. The van der Waals surface area contributed by atoms with E-state index in [1.165, 1.54) is 12.3 Å². The summed E-state index contributed by atoms with van der Waals surface area (Å²) >= 11 is 11.8. The van der Waals surface area contributed by atoms with Gasteiger partial charge in [0.15, 0.2) is 0 Å². The largest absolute Gasteiger partial charge is 0.494 e. The van der Waals surface area contributed by atoms with Gasteiger partial charge in [-0.15, -0.1) is 0 Å². The van der Waals surface area contributed by atoms with Gasteiger partial charge in [0, 0.05) is 0 Å². The van der Waals surface area contributed by atoms with Crippen molar-refractivity contribution in [1.29, 1.82) is 0 Å². The molecule has 142 valence electrons. The number of carbonyl (C=O) groups excluding carboxylic acids is 2. The molecule has 2 amide bonds. The number of hydrogen-bond donors (Lipinski definition) is 2. The SMILES string of the molecule is CCCCOc1ccc(C=NNC(=O)C(=O)Nc2cccc(Cl)c2Cl)cc1. The Bertz CT molecular complexity index is 823. The van der Waals surface area contributed by atoms with Crippen LogP contribution in [-0.2, 0) is 9.59 Å². The van der Waals surface area contributed by atoms with Gasteiger partial charge in [-0.3, -0.25) is 9.59 Å². The predicted octanol–water partition coefficient (Wildman–Crippen LogP) is 4.26. The molecule has 2 aromatic rings. The van der Waals surface area contributed by atoms with Crippen LogP contribution in [0.5, 0.6) is 5.75 Å². The van der Waals surface area contributed by atoms with Gasteiger partial charge in [-0.2, -0.15) is 5.10 Å². The van der Waals surface area contributed by atoms with Crippen LogP contribution in [0.3, 0.4) is 0 Å². The molecule has 0 aliphatic carbocycles. The number of hydrogen-bond acceptors (Lipinski definition) is 4. The van der Waals surface area contributed by atoms with Gasteiger partial charge < -0.3 is 10.1 Å². The number of anilines is 1. The number of amides is 2. The number of nitrogens with one attached hydrogen (secondary N) is 2. The molecule has 0 aliphatic heterocycles.